The third-order valence-electron chi connectivity index (χ3n) is 4.49. The Morgan fingerprint density at radius 2 is 1.64 bits per heavy atom. The summed E-state index contributed by atoms with van der Waals surface area (Å²) in [6.07, 6.45) is 4.46. The van der Waals surface area contributed by atoms with Gasteiger partial charge in [-0.1, -0.05) is 24.4 Å². The van der Waals surface area contributed by atoms with Gasteiger partial charge < -0.3 is 4.90 Å². The fraction of sp³-hybridized carbons (Fsp3) is 0.316. The van der Waals surface area contributed by atoms with Crippen molar-refractivity contribution in [1.82, 2.24) is 0 Å². The van der Waals surface area contributed by atoms with E-state index in [1.807, 2.05) is 0 Å². The van der Waals surface area contributed by atoms with E-state index in [2.05, 4.69) is 4.90 Å². The van der Waals surface area contributed by atoms with Gasteiger partial charge in [-0.2, -0.15) is 0 Å². The van der Waals surface area contributed by atoms with Crippen LogP contribution in [0.1, 0.15) is 41.6 Å². The molecule has 25 heavy (non-hydrogen) atoms. The lowest BCUT2D eigenvalue weighted by molar-refractivity contribution is -0.384. The van der Waals surface area contributed by atoms with Crippen molar-refractivity contribution >= 4 is 28.8 Å². The average Bonchev–Trinajstić information content (AvgIpc) is 2.90. The van der Waals surface area contributed by atoms with Crippen LogP contribution in [0.3, 0.4) is 0 Å². The molecule has 0 bridgehead atoms. The number of anilines is 1. The summed E-state index contributed by atoms with van der Waals surface area (Å²) in [7, 11) is 0. The van der Waals surface area contributed by atoms with Gasteiger partial charge in [0.25, 0.3) is 5.69 Å². The maximum absolute atomic E-state index is 13.0. The summed E-state index contributed by atoms with van der Waals surface area (Å²) < 4.78 is 0. The SMILES string of the molecule is O=C(c1ccc(Cl)cc1)c1cc([N+](=O)[O-])ccc1N1CCCCCC1. The zero-order chi connectivity index (χ0) is 17.8. The zero-order valence-electron chi connectivity index (χ0n) is 13.8. The number of benzene rings is 2. The van der Waals surface area contributed by atoms with Crippen LogP contribution in [0.4, 0.5) is 11.4 Å². The van der Waals surface area contributed by atoms with E-state index < -0.39 is 4.92 Å². The van der Waals surface area contributed by atoms with Crippen molar-refractivity contribution in [2.24, 2.45) is 0 Å². The molecule has 1 saturated heterocycles. The first-order valence-electron chi connectivity index (χ1n) is 8.40. The maximum atomic E-state index is 13.0. The quantitative estimate of drug-likeness (QED) is 0.445. The van der Waals surface area contributed by atoms with Gasteiger partial charge >= 0.3 is 0 Å². The number of hydrogen-bond donors (Lipinski definition) is 0. The van der Waals surface area contributed by atoms with Crippen molar-refractivity contribution < 1.29 is 9.72 Å². The lowest BCUT2D eigenvalue weighted by Gasteiger charge is -2.25. The van der Waals surface area contributed by atoms with E-state index in [9.17, 15) is 14.9 Å². The molecule has 5 nitrogen and oxygen atoms in total. The van der Waals surface area contributed by atoms with Gasteiger partial charge in [-0.3, -0.25) is 14.9 Å². The summed E-state index contributed by atoms with van der Waals surface area (Å²) in [4.78, 5) is 25.9. The van der Waals surface area contributed by atoms with Gasteiger partial charge in [-0.05, 0) is 43.2 Å². The number of ketones is 1. The van der Waals surface area contributed by atoms with Crippen molar-refractivity contribution in [3.63, 3.8) is 0 Å². The summed E-state index contributed by atoms with van der Waals surface area (Å²) in [5.74, 6) is -0.223. The maximum Gasteiger partial charge on any atom is 0.270 e. The Hall–Kier alpha value is -2.40. The molecule has 0 amide bonds. The van der Waals surface area contributed by atoms with Crippen LogP contribution in [0, 0.1) is 10.1 Å². The van der Waals surface area contributed by atoms with Crippen LogP contribution in [0.25, 0.3) is 0 Å². The molecule has 1 aliphatic rings. The number of rotatable bonds is 4. The van der Waals surface area contributed by atoms with Gasteiger partial charge in [0.1, 0.15) is 0 Å². The minimum Gasteiger partial charge on any atom is -0.371 e. The van der Waals surface area contributed by atoms with E-state index in [-0.39, 0.29) is 11.5 Å². The molecule has 0 aliphatic carbocycles. The number of hydrogen-bond acceptors (Lipinski definition) is 4. The minimum absolute atomic E-state index is 0.0733. The molecule has 0 aromatic heterocycles. The smallest absolute Gasteiger partial charge is 0.270 e. The Morgan fingerprint density at radius 3 is 2.24 bits per heavy atom. The van der Waals surface area contributed by atoms with Crippen LogP contribution in [0.5, 0.6) is 0 Å². The number of nitro benzene ring substituents is 1. The van der Waals surface area contributed by atoms with Crippen molar-refractivity contribution in [2.45, 2.75) is 25.7 Å². The van der Waals surface area contributed by atoms with Crippen LogP contribution in [0.15, 0.2) is 42.5 Å². The monoisotopic (exact) mass is 358 g/mol. The fourth-order valence-corrected chi connectivity index (χ4v) is 3.29. The highest BCUT2D eigenvalue weighted by molar-refractivity contribution is 6.30. The Labute approximate surface area is 151 Å². The molecule has 0 radical (unpaired) electrons. The van der Waals surface area contributed by atoms with Gasteiger partial charge in [-0.15, -0.1) is 0 Å². The molecule has 2 aromatic carbocycles. The zero-order valence-corrected chi connectivity index (χ0v) is 14.5. The van der Waals surface area contributed by atoms with Gasteiger partial charge in [0.15, 0.2) is 5.78 Å². The average molecular weight is 359 g/mol. The molecule has 0 atom stereocenters. The largest absolute Gasteiger partial charge is 0.371 e. The molecule has 0 N–H and O–H groups in total. The number of nitro groups is 1. The second-order valence-corrected chi connectivity index (χ2v) is 6.63. The van der Waals surface area contributed by atoms with Gasteiger partial charge in [0.2, 0.25) is 0 Å². The number of non-ortho nitro benzene ring substituents is 1. The van der Waals surface area contributed by atoms with E-state index in [0.717, 1.165) is 31.6 Å². The van der Waals surface area contributed by atoms with Crippen molar-refractivity contribution in [1.29, 1.82) is 0 Å². The highest BCUT2D eigenvalue weighted by Gasteiger charge is 2.22. The van der Waals surface area contributed by atoms with E-state index >= 15 is 0 Å². The number of carbonyl (C=O) groups excluding carboxylic acids is 1. The molecule has 2 aromatic rings. The molecule has 1 aliphatic heterocycles. The number of carbonyl (C=O) groups is 1. The molecule has 0 saturated carbocycles. The molecule has 1 fully saturated rings. The van der Waals surface area contributed by atoms with E-state index in [1.165, 1.54) is 25.0 Å². The Morgan fingerprint density at radius 1 is 1.00 bits per heavy atom. The lowest BCUT2D eigenvalue weighted by Crippen LogP contribution is -2.26. The summed E-state index contributed by atoms with van der Waals surface area (Å²) >= 11 is 5.89. The third kappa shape index (κ3) is 3.99. The Balaban J connectivity index is 2.04. The normalized spacial score (nSPS) is 14.8. The highest BCUT2D eigenvalue weighted by Crippen LogP contribution is 2.30. The van der Waals surface area contributed by atoms with E-state index in [0.29, 0.717) is 16.1 Å². The molecule has 1 heterocycles. The predicted octanol–water partition coefficient (Wildman–Crippen LogP) is 4.86. The highest BCUT2D eigenvalue weighted by atomic mass is 35.5. The first kappa shape index (κ1) is 17.4. The fourth-order valence-electron chi connectivity index (χ4n) is 3.16. The topological polar surface area (TPSA) is 63.4 Å². The molecule has 130 valence electrons. The van der Waals surface area contributed by atoms with Gasteiger partial charge in [-0.25, -0.2) is 0 Å². The van der Waals surface area contributed by atoms with E-state index in [4.69, 9.17) is 11.6 Å². The Bertz CT molecular complexity index is 782. The molecule has 0 spiro atoms. The van der Waals surface area contributed by atoms with Gasteiger partial charge in [0, 0.05) is 41.5 Å². The van der Waals surface area contributed by atoms with E-state index in [1.54, 1.807) is 30.3 Å². The first-order valence-corrected chi connectivity index (χ1v) is 8.78. The first-order chi connectivity index (χ1) is 12.1. The van der Waals surface area contributed by atoms with Crippen molar-refractivity contribution in [3.8, 4) is 0 Å². The number of halogens is 1. The predicted molar refractivity (Wildman–Crippen MR) is 98.7 cm³/mol. The standard InChI is InChI=1S/C19H19ClN2O3/c20-15-7-5-14(6-8-15)19(23)17-13-16(22(24)25)9-10-18(17)21-11-3-1-2-4-12-21/h5-10,13H,1-4,11-12H2. The van der Waals surface area contributed by atoms with Crippen molar-refractivity contribution in [3.05, 3.63) is 68.7 Å². The minimum atomic E-state index is -0.467. The van der Waals surface area contributed by atoms with Crippen LogP contribution in [-0.2, 0) is 0 Å². The van der Waals surface area contributed by atoms with Crippen molar-refractivity contribution in [2.75, 3.05) is 18.0 Å². The van der Waals surface area contributed by atoms with Crippen LogP contribution in [-0.4, -0.2) is 23.8 Å². The van der Waals surface area contributed by atoms with Crippen LogP contribution < -0.4 is 4.90 Å². The summed E-state index contributed by atoms with van der Waals surface area (Å²) in [6, 6.07) is 11.2. The second kappa shape index (κ2) is 7.66. The summed E-state index contributed by atoms with van der Waals surface area (Å²) in [6.45, 7) is 1.72. The van der Waals surface area contributed by atoms with Crippen LogP contribution in [0.2, 0.25) is 5.02 Å². The summed E-state index contributed by atoms with van der Waals surface area (Å²) in [5, 5.41) is 11.7. The molecule has 3 rings (SSSR count). The summed E-state index contributed by atoms with van der Waals surface area (Å²) in [5.41, 5.74) is 1.54. The molecular weight excluding hydrogens is 340 g/mol. The van der Waals surface area contributed by atoms with Gasteiger partial charge in [0.05, 0.1) is 10.5 Å². The molecule has 6 heteroatoms. The Kier molecular flexibility index (Phi) is 5.34. The third-order valence-corrected chi connectivity index (χ3v) is 4.74. The lowest BCUT2D eigenvalue weighted by atomic mass is 10.00. The molecular formula is C19H19ClN2O3. The second-order valence-electron chi connectivity index (χ2n) is 6.20. The number of nitrogens with zero attached hydrogens (tertiary/aromatic N) is 2. The van der Waals surface area contributed by atoms with Crippen LogP contribution >= 0.6 is 11.6 Å². The molecule has 0 unspecified atom stereocenters.